The van der Waals surface area contributed by atoms with E-state index in [9.17, 15) is 5.41 Å². The molecule has 266 valence electrons. The first-order valence-electron chi connectivity index (χ1n) is 18.9. The van der Waals surface area contributed by atoms with Gasteiger partial charge in [0, 0.05) is 27.6 Å². The molecule has 0 radical (unpaired) electrons. The minimum atomic E-state index is 0.396. The molecule has 0 saturated heterocycles. The molecule has 0 unspecified atom stereocenters. The Morgan fingerprint density at radius 3 is 1.71 bits per heavy atom. The van der Waals surface area contributed by atoms with Gasteiger partial charge in [0.15, 0.2) is 0 Å². The molecule has 1 N–H and O–H groups in total. The van der Waals surface area contributed by atoms with Crippen LogP contribution < -0.4 is 0 Å². The molecule has 0 aliphatic heterocycles. The zero-order valence-corrected chi connectivity index (χ0v) is 31.2. The van der Waals surface area contributed by atoms with Crippen molar-refractivity contribution < 1.29 is 0 Å². The van der Waals surface area contributed by atoms with Gasteiger partial charge in [-0.1, -0.05) is 169 Å². The van der Waals surface area contributed by atoms with Crippen molar-refractivity contribution in [2.75, 3.05) is 0 Å². The zero-order chi connectivity index (χ0) is 38.0. The van der Waals surface area contributed by atoms with Crippen molar-refractivity contribution in [3.05, 3.63) is 217 Å². The maximum atomic E-state index is 9.38. The molecule has 10 aromatic rings. The second kappa shape index (κ2) is 14.8. The monoisotopic (exact) mass is 717 g/mol. The van der Waals surface area contributed by atoms with Crippen molar-refractivity contribution in [2.45, 2.75) is 6.92 Å². The van der Waals surface area contributed by atoms with Crippen molar-refractivity contribution in [3.8, 4) is 16.8 Å². The average molecular weight is 718 g/mol. The van der Waals surface area contributed by atoms with Gasteiger partial charge in [0.1, 0.15) is 0 Å². The van der Waals surface area contributed by atoms with E-state index in [1.165, 1.54) is 43.5 Å². The number of rotatable bonds is 6. The molecular weight excluding hydrogens is 679 g/mol. The Morgan fingerprint density at radius 1 is 0.500 bits per heavy atom. The zero-order valence-electron chi connectivity index (χ0n) is 31.2. The van der Waals surface area contributed by atoms with Gasteiger partial charge in [0.25, 0.3) is 0 Å². The summed E-state index contributed by atoms with van der Waals surface area (Å²) in [5.74, 6) is 0. The minimum absolute atomic E-state index is 0.396. The first-order chi connectivity index (χ1) is 27.6. The lowest BCUT2D eigenvalue weighted by Crippen LogP contribution is -1.99. The normalized spacial score (nSPS) is 11.6. The van der Waals surface area contributed by atoms with Crippen LogP contribution in [-0.4, -0.2) is 17.0 Å². The second-order valence-corrected chi connectivity index (χ2v) is 14.1. The lowest BCUT2D eigenvalue weighted by Gasteiger charge is -2.15. The summed E-state index contributed by atoms with van der Waals surface area (Å²) in [6, 6.07) is 67.9. The molecule has 0 fully saturated rings. The Labute approximate surface area is 326 Å². The molecule has 0 saturated carbocycles. The first-order valence-corrected chi connectivity index (χ1v) is 18.9. The highest BCUT2D eigenvalue weighted by atomic mass is 15.0. The molecule has 0 amide bonds. The Kier molecular flexibility index (Phi) is 9.10. The van der Waals surface area contributed by atoms with Gasteiger partial charge in [-0.15, -0.1) is 0 Å². The van der Waals surface area contributed by atoms with E-state index in [2.05, 4.69) is 169 Å². The van der Waals surface area contributed by atoms with E-state index >= 15 is 0 Å². The van der Waals surface area contributed by atoms with E-state index in [-0.39, 0.29) is 0 Å². The number of aliphatic imine (C=N–C) groups is 1. The number of nitrogens with one attached hydrogen (secondary N) is 1. The Bertz CT molecular complexity index is 3100. The number of allylic oxidation sites excluding steroid dienone is 1. The van der Waals surface area contributed by atoms with Gasteiger partial charge in [0.2, 0.25) is 0 Å². The number of aromatic nitrogens is 1. The highest BCUT2D eigenvalue weighted by Gasteiger charge is 2.17. The van der Waals surface area contributed by atoms with E-state index in [4.69, 9.17) is 0 Å². The van der Waals surface area contributed by atoms with Crippen LogP contribution in [0.25, 0.3) is 76.6 Å². The van der Waals surface area contributed by atoms with Crippen LogP contribution in [0.15, 0.2) is 205 Å². The highest BCUT2D eigenvalue weighted by molar-refractivity contribution is 6.31. The topological polar surface area (TPSA) is 41.1 Å². The molecule has 56 heavy (non-hydrogen) atoms. The number of para-hydroxylation sites is 2. The third-order valence-corrected chi connectivity index (χ3v) is 10.6. The summed E-state index contributed by atoms with van der Waals surface area (Å²) in [5, 5.41) is 18.7. The Balaban J connectivity index is 0.000000530. The van der Waals surface area contributed by atoms with Gasteiger partial charge in [-0.3, -0.25) is 4.99 Å². The molecule has 3 nitrogen and oxygen atoms in total. The Morgan fingerprint density at radius 2 is 1.04 bits per heavy atom. The summed E-state index contributed by atoms with van der Waals surface area (Å²) in [5.41, 5.74) is 9.97. The molecule has 0 bridgehead atoms. The van der Waals surface area contributed by atoms with Gasteiger partial charge in [0.05, 0.1) is 22.4 Å². The molecule has 10 rings (SSSR count). The summed E-state index contributed by atoms with van der Waals surface area (Å²) in [4.78, 5) is 4.31. The van der Waals surface area contributed by atoms with Gasteiger partial charge in [-0.25, -0.2) is 0 Å². The fourth-order valence-electron chi connectivity index (χ4n) is 7.99. The summed E-state index contributed by atoms with van der Waals surface area (Å²) in [7, 11) is 0. The van der Waals surface area contributed by atoms with Gasteiger partial charge in [-0.2, -0.15) is 0 Å². The maximum absolute atomic E-state index is 9.38. The second-order valence-electron chi connectivity index (χ2n) is 14.1. The first kappa shape index (κ1) is 34.4. The smallest absolute Gasteiger partial charge is 0.0716 e. The molecule has 0 aliphatic rings. The lowest BCUT2D eigenvalue weighted by molar-refractivity contribution is 1.18. The molecule has 0 atom stereocenters. The van der Waals surface area contributed by atoms with Crippen LogP contribution in [0.2, 0.25) is 0 Å². The molecule has 0 spiro atoms. The number of hydrogen-bond donors (Lipinski definition) is 1. The van der Waals surface area contributed by atoms with Crippen LogP contribution in [0.4, 0.5) is 0 Å². The van der Waals surface area contributed by atoms with Crippen molar-refractivity contribution in [1.82, 2.24) is 4.57 Å². The number of nitrogens with zero attached hydrogens (tertiary/aromatic N) is 2. The molecule has 3 heteroatoms. The standard InChI is InChI=1S/C46H31N3.C7H8/c1-48-43(30-13-4-2-5-14-30)29-42(47)40-21-12-20-39-35-18-9-8-17-34(35)36-25-23-31(27-41(36)46(39)40)32-24-26-38-37-19-10-11-22-44(37)49(45(38)28-32)33-15-6-3-7-16-33;1-7-5-3-2-4-6-7/h2-29,47H,1H2;2-6H,1H3/b43-29-,47-42?;. The van der Waals surface area contributed by atoms with Gasteiger partial charge in [-0.05, 0) is 93.5 Å². The molecular formula is C53H39N3. The van der Waals surface area contributed by atoms with E-state index in [1.54, 1.807) is 0 Å². The van der Waals surface area contributed by atoms with Crippen LogP contribution in [0.1, 0.15) is 16.7 Å². The largest absolute Gasteiger partial charge is 0.309 e. The van der Waals surface area contributed by atoms with E-state index < -0.39 is 0 Å². The van der Waals surface area contributed by atoms with Crippen molar-refractivity contribution in [3.63, 3.8) is 0 Å². The number of aryl methyl sites for hydroxylation is 1. The predicted molar refractivity (Wildman–Crippen MR) is 241 cm³/mol. The fourth-order valence-corrected chi connectivity index (χ4v) is 7.99. The van der Waals surface area contributed by atoms with Crippen molar-refractivity contribution >= 4 is 72.2 Å². The summed E-state index contributed by atoms with van der Waals surface area (Å²) in [6.07, 6.45) is 1.83. The quantitative estimate of drug-likeness (QED) is 0.131. The lowest BCUT2D eigenvalue weighted by atomic mass is 9.88. The summed E-state index contributed by atoms with van der Waals surface area (Å²) >= 11 is 0. The van der Waals surface area contributed by atoms with Gasteiger partial charge < -0.3 is 9.98 Å². The van der Waals surface area contributed by atoms with Crippen LogP contribution in [0.5, 0.6) is 0 Å². The van der Waals surface area contributed by atoms with E-state index in [0.29, 0.717) is 11.4 Å². The fraction of sp³-hybridized carbons (Fsp3) is 0.0189. The van der Waals surface area contributed by atoms with E-state index in [0.717, 1.165) is 44.1 Å². The number of benzene rings is 9. The van der Waals surface area contributed by atoms with E-state index in [1.807, 2.05) is 54.6 Å². The molecule has 1 heterocycles. The number of hydrogen-bond acceptors (Lipinski definition) is 2. The van der Waals surface area contributed by atoms with Crippen LogP contribution in [0.3, 0.4) is 0 Å². The minimum Gasteiger partial charge on any atom is -0.309 e. The third-order valence-electron chi connectivity index (χ3n) is 10.6. The number of fused-ring (bicyclic) bond motifs is 9. The maximum Gasteiger partial charge on any atom is 0.0716 e. The molecule has 9 aromatic carbocycles. The van der Waals surface area contributed by atoms with Crippen LogP contribution >= 0.6 is 0 Å². The predicted octanol–water partition coefficient (Wildman–Crippen LogP) is 14.0. The molecule has 1 aromatic heterocycles. The van der Waals surface area contributed by atoms with Crippen molar-refractivity contribution in [1.29, 1.82) is 5.41 Å². The SMILES string of the molecule is C=N/C(=C\C(=N)c1cccc2c3ccccc3c3ccc(-c4ccc5c6ccccc6n(-c6ccccc6)c5c4)cc3c12)c1ccccc1.Cc1ccccc1. The van der Waals surface area contributed by atoms with Crippen LogP contribution in [-0.2, 0) is 0 Å². The Hall–Kier alpha value is -7.36. The summed E-state index contributed by atoms with van der Waals surface area (Å²) in [6.45, 7) is 5.91. The molecule has 0 aliphatic carbocycles. The highest BCUT2D eigenvalue weighted by Crippen LogP contribution is 2.40. The summed E-state index contributed by atoms with van der Waals surface area (Å²) < 4.78 is 2.36. The van der Waals surface area contributed by atoms with Crippen LogP contribution in [0, 0.1) is 12.3 Å². The van der Waals surface area contributed by atoms with Gasteiger partial charge >= 0.3 is 0 Å². The third kappa shape index (κ3) is 6.25. The van der Waals surface area contributed by atoms with Crippen molar-refractivity contribution in [2.24, 2.45) is 4.99 Å². The average Bonchev–Trinajstić information content (AvgIpc) is 3.60.